The largest absolute Gasteiger partial charge is 0.497 e. The van der Waals surface area contributed by atoms with Crippen molar-refractivity contribution < 1.29 is 17.9 Å². The standard InChI is InChI=1S/C17H18BrN3O4S/c1-25-15-8-5-7-14(10-15)21(26(2,23)24)12-17(22)20-19-11-13-6-3-4-9-16(13)18/h3-11H,12H2,1-2H3,(H,20,22)/b19-11-. The molecule has 0 aromatic heterocycles. The minimum Gasteiger partial charge on any atom is -0.497 e. The van der Waals surface area contributed by atoms with E-state index in [0.29, 0.717) is 11.4 Å². The van der Waals surface area contributed by atoms with Crippen LogP contribution in [0.3, 0.4) is 0 Å². The molecule has 138 valence electrons. The van der Waals surface area contributed by atoms with Gasteiger partial charge in [-0.2, -0.15) is 5.10 Å². The van der Waals surface area contributed by atoms with Gasteiger partial charge in [0.15, 0.2) is 0 Å². The number of methoxy groups -OCH3 is 1. The van der Waals surface area contributed by atoms with E-state index in [1.807, 2.05) is 24.3 Å². The van der Waals surface area contributed by atoms with E-state index in [1.54, 1.807) is 24.3 Å². The van der Waals surface area contributed by atoms with E-state index < -0.39 is 22.5 Å². The lowest BCUT2D eigenvalue weighted by Crippen LogP contribution is -2.39. The van der Waals surface area contributed by atoms with Gasteiger partial charge in [-0.05, 0) is 18.2 Å². The first kappa shape index (κ1) is 19.9. The van der Waals surface area contributed by atoms with Crippen LogP contribution in [0.25, 0.3) is 0 Å². The predicted molar refractivity (Wildman–Crippen MR) is 105 cm³/mol. The first-order chi connectivity index (χ1) is 12.3. The molecule has 0 aliphatic rings. The normalized spacial score (nSPS) is 11.3. The minimum atomic E-state index is -3.66. The lowest BCUT2D eigenvalue weighted by molar-refractivity contribution is -0.119. The summed E-state index contributed by atoms with van der Waals surface area (Å²) < 4.78 is 31.0. The number of sulfonamides is 1. The van der Waals surface area contributed by atoms with Crippen LogP contribution in [0, 0.1) is 0 Å². The SMILES string of the molecule is COc1cccc(N(CC(=O)N/N=C\c2ccccc2Br)S(C)(=O)=O)c1. The third-order valence-corrected chi connectivity index (χ3v) is 5.19. The van der Waals surface area contributed by atoms with Crippen LogP contribution < -0.4 is 14.5 Å². The zero-order valence-corrected chi connectivity index (χ0v) is 16.6. The summed E-state index contributed by atoms with van der Waals surface area (Å²) in [5.74, 6) is -0.0787. The van der Waals surface area contributed by atoms with Crippen molar-refractivity contribution in [3.63, 3.8) is 0 Å². The van der Waals surface area contributed by atoms with Gasteiger partial charge >= 0.3 is 0 Å². The molecule has 1 N–H and O–H groups in total. The summed E-state index contributed by atoms with van der Waals surface area (Å²) in [6.07, 6.45) is 2.50. The summed E-state index contributed by atoms with van der Waals surface area (Å²) in [7, 11) is -2.19. The van der Waals surface area contributed by atoms with Gasteiger partial charge in [-0.1, -0.05) is 40.2 Å². The van der Waals surface area contributed by atoms with Crippen molar-refractivity contribution in [2.24, 2.45) is 5.10 Å². The van der Waals surface area contributed by atoms with Gasteiger partial charge in [0.25, 0.3) is 5.91 Å². The Morgan fingerprint density at radius 1 is 1.27 bits per heavy atom. The van der Waals surface area contributed by atoms with Gasteiger partial charge in [-0.15, -0.1) is 0 Å². The number of rotatable bonds is 7. The molecule has 26 heavy (non-hydrogen) atoms. The topological polar surface area (TPSA) is 88.1 Å². The van der Waals surface area contributed by atoms with Gasteiger partial charge in [0.1, 0.15) is 12.3 Å². The van der Waals surface area contributed by atoms with E-state index in [0.717, 1.165) is 20.6 Å². The van der Waals surface area contributed by atoms with Crippen LogP contribution in [-0.4, -0.2) is 40.4 Å². The van der Waals surface area contributed by atoms with Gasteiger partial charge in [-0.3, -0.25) is 9.10 Å². The number of anilines is 1. The van der Waals surface area contributed by atoms with Crippen LogP contribution in [0.5, 0.6) is 5.75 Å². The summed E-state index contributed by atoms with van der Waals surface area (Å²) in [4.78, 5) is 12.1. The molecule has 0 spiro atoms. The second kappa shape index (κ2) is 8.81. The number of carbonyl (C=O) groups is 1. The maximum atomic E-state index is 12.1. The maximum Gasteiger partial charge on any atom is 0.260 e. The third-order valence-electron chi connectivity index (χ3n) is 3.33. The number of benzene rings is 2. The molecular weight excluding hydrogens is 422 g/mol. The van der Waals surface area contributed by atoms with Gasteiger partial charge < -0.3 is 4.74 Å². The number of carbonyl (C=O) groups excluding carboxylic acids is 1. The monoisotopic (exact) mass is 439 g/mol. The average molecular weight is 440 g/mol. The van der Waals surface area contributed by atoms with E-state index in [9.17, 15) is 13.2 Å². The molecule has 0 aliphatic heterocycles. The molecule has 0 saturated heterocycles. The molecule has 2 rings (SSSR count). The number of amides is 1. The average Bonchev–Trinajstić information content (AvgIpc) is 2.60. The Hall–Kier alpha value is -2.39. The summed E-state index contributed by atoms with van der Waals surface area (Å²) in [6.45, 7) is -0.403. The molecular formula is C17H18BrN3O4S. The zero-order valence-electron chi connectivity index (χ0n) is 14.2. The van der Waals surface area contributed by atoms with Crippen molar-refractivity contribution in [2.45, 2.75) is 0 Å². The van der Waals surface area contributed by atoms with Crippen molar-refractivity contribution in [2.75, 3.05) is 24.2 Å². The van der Waals surface area contributed by atoms with Crippen molar-refractivity contribution in [3.8, 4) is 5.75 Å². The molecule has 0 heterocycles. The van der Waals surface area contributed by atoms with Crippen LogP contribution >= 0.6 is 15.9 Å². The summed E-state index contributed by atoms with van der Waals surface area (Å²) in [5, 5.41) is 3.86. The second-order valence-electron chi connectivity index (χ2n) is 5.29. The molecule has 0 bridgehead atoms. The molecule has 0 saturated carbocycles. The van der Waals surface area contributed by atoms with E-state index in [4.69, 9.17) is 4.74 Å². The van der Waals surface area contributed by atoms with Crippen molar-refractivity contribution in [1.82, 2.24) is 5.43 Å². The minimum absolute atomic E-state index is 0.330. The maximum absolute atomic E-state index is 12.1. The Bertz CT molecular complexity index is 916. The molecule has 0 fully saturated rings. The summed E-state index contributed by atoms with van der Waals surface area (Å²) in [5.41, 5.74) is 3.44. The first-order valence-corrected chi connectivity index (χ1v) is 10.1. The second-order valence-corrected chi connectivity index (χ2v) is 8.05. The number of nitrogens with one attached hydrogen (secondary N) is 1. The van der Waals surface area contributed by atoms with E-state index in [2.05, 4.69) is 26.5 Å². The Kier molecular flexibility index (Phi) is 6.76. The first-order valence-electron chi connectivity index (χ1n) is 7.49. The molecule has 2 aromatic carbocycles. The quantitative estimate of drug-likeness (QED) is 0.529. The number of ether oxygens (including phenoxy) is 1. The van der Waals surface area contributed by atoms with Crippen molar-refractivity contribution >= 4 is 43.8 Å². The summed E-state index contributed by atoms with van der Waals surface area (Å²) in [6, 6.07) is 13.8. The third kappa shape index (κ3) is 5.57. The fourth-order valence-corrected chi connectivity index (χ4v) is 3.32. The van der Waals surface area contributed by atoms with E-state index in [1.165, 1.54) is 13.3 Å². The van der Waals surface area contributed by atoms with E-state index in [-0.39, 0.29) is 0 Å². The Balaban J connectivity index is 2.11. The van der Waals surface area contributed by atoms with Gasteiger partial charge in [-0.25, -0.2) is 13.8 Å². The summed E-state index contributed by atoms with van der Waals surface area (Å²) >= 11 is 3.37. The van der Waals surface area contributed by atoms with Crippen molar-refractivity contribution in [3.05, 3.63) is 58.6 Å². The molecule has 1 amide bonds. The molecule has 0 radical (unpaired) electrons. The van der Waals surface area contributed by atoms with Crippen LogP contribution in [0.4, 0.5) is 5.69 Å². The molecule has 9 heteroatoms. The van der Waals surface area contributed by atoms with Crippen molar-refractivity contribution in [1.29, 1.82) is 0 Å². The highest BCUT2D eigenvalue weighted by molar-refractivity contribution is 9.10. The van der Waals surface area contributed by atoms with Crippen LogP contribution in [0.1, 0.15) is 5.56 Å². The number of hydrogen-bond donors (Lipinski definition) is 1. The highest BCUT2D eigenvalue weighted by Gasteiger charge is 2.21. The Morgan fingerprint density at radius 2 is 2.00 bits per heavy atom. The number of hydrazone groups is 1. The highest BCUT2D eigenvalue weighted by Crippen LogP contribution is 2.22. The van der Waals surface area contributed by atoms with Crippen LogP contribution in [0.15, 0.2) is 58.1 Å². The number of halogens is 1. The van der Waals surface area contributed by atoms with Crippen LogP contribution in [-0.2, 0) is 14.8 Å². The number of hydrogen-bond acceptors (Lipinski definition) is 5. The lowest BCUT2D eigenvalue weighted by atomic mass is 10.2. The Labute approximate surface area is 160 Å². The van der Waals surface area contributed by atoms with Gasteiger partial charge in [0.2, 0.25) is 10.0 Å². The zero-order chi connectivity index (χ0) is 19.2. The van der Waals surface area contributed by atoms with E-state index >= 15 is 0 Å². The van der Waals surface area contributed by atoms with Gasteiger partial charge in [0.05, 0.1) is 25.3 Å². The van der Waals surface area contributed by atoms with Gasteiger partial charge in [0, 0.05) is 16.1 Å². The molecule has 0 unspecified atom stereocenters. The lowest BCUT2D eigenvalue weighted by Gasteiger charge is -2.21. The molecule has 7 nitrogen and oxygen atoms in total. The highest BCUT2D eigenvalue weighted by atomic mass is 79.9. The number of nitrogens with zero attached hydrogens (tertiary/aromatic N) is 2. The fourth-order valence-electron chi connectivity index (χ4n) is 2.09. The fraction of sp³-hybridized carbons (Fsp3) is 0.176. The molecule has 0 aliphatic carbocycles. The molecule has 2 aromatic rings. The predicted octanol–water partition coefficient (Wildman–Crippen LogP) is 2.37. The van der Waals surface area contributed by atoms with Crippen LogP contribution in [0.2, 0.25) is 0 Å². The molecule has 0 atom stereocenters. The Morgan fingerprint density at radius 3 is 2.65 bits per heavy atom. The smallest absolute Gasteiger partial charge is 0.260 e.